The average molecular weight is 570 g/mol. The molecule has 0 bridgehead atoms. The van der Waals surface area contributed by atoms with Crippen LogP contribution in [0, 0.1) is 0 Å². The third-order valence-corrected chi connectivity index (χ3v) is 7.59. The van der Waals surface area contributed by atoms with Crippen molar-refractivity contribution in [2.24, 2.45) is 0 Å². The smallest absolute Gasteiger partial charge is 0.257 e. The molecule has 0 saturated carbocycles. The van der Waals surface area contributed by atoms with Crippen LogP contribution in [0.5, 0.6) is 11.5 Å². The van der Waals surface area contributed by atoms with E-state index in [0.717, 1.165) is 44.0 Å². The zero-order valence-electron chi connectivity index (χ0n) is 23.1. The van der Waals surface area contributed by atoms with E-state index < -0.39 is 0 Å². The monoisotopic (exact) mass is 569 g/mol. The maximum atomic E-state index is 13.1. The standard InChI is InChI=1S/C33H32ClN3O4/c1-40-30-19-23-16-18-37(21-24(23)20-31(30)41-2)17-15-22-11-13-25(14-12-22)35-33(39)27-8-4-6-10-29(27)36-32(38)26-7-3-5-9-28(26)34/h3-14,19-20H,15-18,21H2,1-2H3,(H,35,39)(H,36,38). The minimum absolute atomic E-state index is 0.313. The average Bonchev–Trinajstić information content (AvgIpc) is 3.00. The minimum atomic E-state index is -0.378. The fraction of sp³-hybridized carbons (Fsp3) is 0.212. The Bertz CT molecular complexity index is 1550. The number of ether oxygens (including phenoxy) is 2. The van der Waals surface area contributed by atoms with Gasteiger partial charge in [0.15, 0.2) is 11.5 Å². The summed E-state index contributed by atoms with van der Waals surface area (Å²) in [7, 11) is 3.33. The molecule has 0 fully saturated rings. The Hall–Kier alpha value is -4.33. The van der Waals surface area contributed by atoms with E-state index in [0.29, 0.717) is 27.5 Å². The van der Waals surface area contributed by atoms with Gasteiger partial charge in [-0.05, 0) is 78.1 Å². The van der Waals surface area contributed by atoms with E-state index in [9.17, 15) is 9.59 Å². The Balaban J connectivity index is 1.18. The predicted octanol–water partition coefficient (Wildman–Crippen LogP) is 6.46. The Labute approximate surface area is 245 Å². The number of carbonyl (C=O) groups is 2. The number of methoxy groups -OCH3 is 2. The summed E-state index contributed by atoms with van der Waals surface area (Å²) < 4.78 is 10.9. The lowest BCUT2D eigenvalue weighted by molar-refractivity contribution is 0.102. The van der Waals surface area contributed by atoms with Crippen LogP contribution in [0.25, 0.3) is 0 Å². The van der Waals surface area contributed by atoms with E-state index in [1.807, 2.05) is 24.3 Å². The van der Waals surface area contributed by atoms with E-state index >= 15 is 0 Å². The van der Waals surface area contributed by atoms with Crippen molar-refractivity contribution in [2.75, 3.05) is 37.9 Å². The maximum Gasteiger partial charge on any atom is 0.257 e. The number of para-hydroxylation sites is 1. The van der Waals surface area contributed by atoms with Gasteiger partial charge in [-0.2, -0.15) is 0 Å². The molecule has 1 aliphatic heterocycles. The van der Waals surface area contributed by atoms with Crippen molar-refractivity contribution in [3.05, 3.63) is 118 Å². The van der Waals surface area contributed by atoms with Crippen LogP contribution in [0.15, 0.2) is 84.9 Å². The van der Waals surface area contributed by atoms with Crippen molar-refractivity contribution in [1.29, 1.82) is 0 Å². The summed E-state index contributed by atoms with van der Waals surface area (Å²) in [5.74, 6) is 0.844. The lowest BCUT2D eigenvalue weighted by atomic mass is 9.98. The number of amides is 2. The first-order valence-corrected chi connectivity index (χ1v) is 13.8. The molecule has 5 rings (SSSR count). The van der Waals surface area contributed by atoms with Crippen LogP contribution in [0.4, 0.5) is 11.4 Å². The predicted molar refractivity (Wildman–Crippen MR) is 162 cm³/mol. The third-order valence-electron chi connectivity index (χ3n) is 7.26. The molecule has 8 heteroatoms. The maximum absolute atomic E-state index is 13.1. The molecule has 0 spiro atoms. The molecule has 0 saturated heterocycles. The molecule has 4 aromatic rings. The quantitative estimate of drug-likeness (QED) is 0.242. The van der Waals surface area contributed by atoms with E-state index in [1.54, 1.807) is 62.8 Å². The molecule has 0 atom stereocenters. The summed E-state index contributed by atoms with van der Waals surface area (Å²) in [5.41, 5.74) is 5.56. The second kappa shape index (κ2) is 12.9. The van der Waals surface area contributed by atoms with Gasteiger partial charge in [-0.3, -0.25) is 14.5 Å². The Kier molecular flexibility index (Phi) is 8.87. The van der Waals surface area contributed by atoms with E-state index in [4.69, 9.17) is 21.1 Å². The zero-order valence-corrected chi connectivity index (χ0v) is 23.8. The zero-order chi connectivity index (χ0) is 28.8. The third kappa shape index (κ3) is 6.70. The molecule has 2 N–H and O–H groups in total. The van der Waals surface area contributed by atoms with Gasteiger partial charge < -0.3 is 20.1 Å². The van der Waals surface area contributed by atoms with Gasteiger partial charge in [-0.25, -0.2) is 0 Å². The lowest BCUT2D eigenvalue weighted by Crippen LogP contribution is -2.32. The molecule has 0 aromatic heterocycles. The molecule has 41 heavy (non-hydrogen) atoms. The van der Waals surface area contributed by atoms with Gasteiger partial charge in [0, 0.05) is 25.3 Å². The molecule has 0 unspecified atom stereocenters. The van der Waals surface area contributed by atoms with Gasteiger partial charge in [0.1, 0.15) is 0 Å². The Morgan fingerprint density at radius 2 is 1.44 bits per heavy atom. The van der Waals surface area contributed by atoms with Crippen molar-refractivity contribution < 1.29 is 19.1 Å². The number of fused-ring (bicyclic) bond motifs is 1. The van der Waals surface area contributed by atoms with Crippen molar-refractivity contribution in [3.63, 3.8) is 0 Å². The molecule has 7 nitrogen and oxygen atoms in total. The number of nitrogens with zero attached hydrogens (tertiary/aromatic N) is 1. The van der Waals surface area contributed by atoms with E-state index in [-0.39, 0.29) is 11.8 Å². The number of halogens is 1. The van der Waals surface area contributed by atoms with Crippen LogP contribution in [-0.2, 0) is 19.4 Å². The fourth-order valence-corrected chi connectivity index (χ4v) is 5.22. The van der Waals surface area contributed by atoms with Crippen LogP contribution >= 0.6 is 11.6 Å². The van der Waals surface area contributed by atoms with Gasteiger partial charge in [0.2, 0.25) is 0 Å². The van der Waals surface area contributed by atoms with Gasteiger partial charge in [0.05, 0.1) is 36.1 Å². The van der Waals surface area contributed by atoms with Crippen LogP contribution in [0.1, 0.15) is 37.4 Å². The molecular weight excluding hydrogens is 538 g/mol. The molecule has 210 valence electrons. The number of nitrogens with one attached hydrogen (secondary N) is 2. The van der Waals surface area contributed by atoms with E-state index in [2.05, 4.69) is 27.7 Å². The van der Waals surface area contributed by atoms with E-state index in [1.165, 1.54) is 16.7 Å². The van der Waals surface area contributed by atoms with Crippen molar-refractivity contribution >= 4 is 34.8 Å². The van der Waals surface area contributed by atoms with Crippen LogP contribution < -0.4 is 20.1 Å². The number of hydrogen-bond donors (Lipinski definition) is 2. The summed E-state index contributed by atoms with van der Waals surface area (Å²) in [6, 6.07) is 25.7. The Morgan fingerprint density at radius 3 is 2.15 bits per heavy atom. The molecular formula is C33H32ClN3O4. The molecule has 0 radical (unpaired) electrons. The van der Waals surface area contributed by atoms with Crippen LogP contribution in [0.2, 0.25) is 5.02 Å². The minimum Gasteiger partial charge on any atom is -0.493 e. The summed E-state index contributed by atoms with van der Waals surface area (Å²) >= 11 is 6.16. The van der Waals surface area contributed by atoms with Gasteiger partial charge in [-0.15, -0.1) is 0 Å². The number of hydrogen-bond acceptors (Lipinski definition) is 5. The van der Waals surface area contributed by atoms with Crippen molar-refractivity contribution in [3.8, 4) is 11.5 Å². The molecule has 0 aliphatic carbocycles. The van der Waals surface area contributed by atoms with Gasteiger partial charge >= 0.3 is 0 Å². The fourth-order valence-electron chi connectivity index (χ4n) is 5.00. The normalized spacial score (nSPS) is 12.8. The number of benzene rings is 4. The number of rotatable bonds is 9. The highest BCUT2D eigenvalue weighted by atomic mass is 35.5. The van der Waals surface area contributed by atoms with Crippen LogP contribution in [-0.4, -0.2) is 44.0 Å². The highest BCUT2D eigenvalue weighted by Gasteiger charge is 2.20. The molecule has 2 amide bonds. The SMILES string of the molecule is COc1cc2c(cc1OC)CN(CCc1ccc(NC(=O)c3ccccc3NC(=O)c3ccccc3Cl)cc1)CC2. The summed E-state index contributed by atoms with van der Waals surface area (Å²) in [5, 5.41) is 6.09. The highest BCUT2D eigenvalue weighted by molar-refractivity contribution is 6.34. The second-order valence-corrected chi connectivity index (χ2v) is 10.3. The first kappa shape index (κ1) is 28.2. The second-order valence-electron chi connectivity index (χ2n) is 9.88. The molecule has 1 heterocycles. The highest BCUT2D eigenvalue weighted by Crippen LogP contribution is 2.33. The molecule has 1 aliphatic rings. The summed E-state index contributed by atoms with van der Waals surface area (Å²) in [4.78, 5) is 28.3. The van der Waals surface area contributed by atoms with Gasteiger partial charge in [-0.1, -0.05) is 48.0 Å². The number of carbonyl (C=O) groups excluding carboxylic acids is 2. The Morgan fingerprint density at radius 1 is 0.805 bits per heavy atom. The van der Waals surface area contributed by atoms with Crippen molar-refractivity contribution in [1.82, 2.24) is 4.90 Å². The van der Waals surface area contributed by atoms with Gasteiger partial charge in [0.25, 0.3) is 11.8 Å². The summed E-state index contributed by atoms with van der Waals surface area (Å²) in [6.45, 7) is 2.79. The van der Waals surface area contributed by atoms with Crippen LogP contribution in [0.3, 0.4) is 0 Å². The molecule has 4 aromatic carbocycles. The lowest BCUT2D eigenvalue weighted by Gasteiger charge is -2.29. The topological polar surface area (TPSA) is 79.9 Å². The number of anilines is 2. The summed E-state index contributed by atoms with van der Waals surface area (Å²) in [6.07, 6.45) is 1.87. The largest absolute Gasteiger partial charge is 0.493 e. The first-order chi connectivity index (χ1) is 19.9. The first-order valence-electron chi connectivity index (χ1n) is 13.5. The van der Waals surface area contributed by atoms with Crippen molar-refractivity contribution in [2.45, 2.75) is 19.4 Å².